The van der Waals surface area contributed by atoms with E-state index in [1.807, 2.05) is 6.92 Å². The Kier molecular flexibility index (Phi) is 6.68. The number of hydrogen-bond acceptors (Lipinski definition) is 7. The molecule has 0 saturated carbocycles. The third-order valence-corrected chi connectivity index (χ3v) is 4.39. The Morgan fingerprint density at radius 2 is 1.81 bits per heavy atom. The van der Waals surface area contributed by atoms with E-state index >= 15 is 0 Å². The zero-order valence-electron chi connectivity index (χ0n) is 16.5. The number of allylic oxidation sites excluding steroid dienone is 1. The summed E-state index contributed by atoms with van der Waals surface area (Å²) >= 11 is 0. The zero-order chi connectivity index (χ0) is 20.1. The smallest absolute Gasteiger partial charge is 0.224 e. The van der Waals surface area contributed by atoms with E-state index < -0.39 is 6.23 Å². The molecule has 3 N–H and O–H groups in total. The molecule has 0 radical (unpaired) electrons. The Morgan fingerprint density at radius 3 is 2.30 bits per heavy atom. The highest BCUT2D eigenvalue weighted by Crippen LogP contribution is 2.39. The van der Waals surface area contributed by atoms with Crippen LogP contribution in [0.1, 0.15) is 38.8 Å². The second kappa shape index (κ2) is 8.77. The van der Waals surface area contributed by atoms with E-state index in [-0.39, 0.29) is 18.4 Å². The first-order chi connectivity index (χ1) is 12.8. The summed E-state index contributed by atoms with van der Waals surface area (Å²) in [6.45, 7) is 5.40. The fraction of sp³-hybridized carbons (Fsp3) is 0.474. The van der Waals surface area contributed by atoms with Gasteiger partial charge in [0.2, 0.25) is 11.7 Å². The number of nitrogens with one attached hydrogen (secondary N) is 2. The maximum absolute atomic E-state index is 12.5. The Labute approximate surface area is 159 Å². The molecular weight excluding hydrogens is 350 g/mol. The van der Waals surface area contributed by atoms with Crippen molar-refractivity contribution >= 4 is 11.7 Å². The lowest BCUT2D eigenvalue weighted by molar-refractivity contribution is -0.121. The van der Waals surface area contributed by atoms with Crippen molar-refractivity contribution in [3.05, 3.63) is 29.0 Å². The minimum atomic E-state index is -0.912. The summed E-state index contributed by atoms with van der Waals surface area (Å²) < 4.78 is 16.0. The summed E-state index contributed by atoms with van der Waals surface area (Å²) in [7, 11) is 4.62. The summed E-state index contributed by atoms with van der Waals surface area (Å²) in [6, 6.07) is 3.29. The summed E-state index contributed by atoms with van der Waals surface area (Å²) in [5, 5.41) is 15.9. The lowest BCUT2D eigenvalue weighted by atomic mass is 10.0. The molecule has 2 atom stereocenters. The van der Waals surface area contributed by atoms with E-state index in [1.165, 1.54) is 7.11 Å². The minimum absolute atomic E-state index is 0.0472. The van der Waals surface area contributed by atoms with Gasteiger partial charge in [-0.05, 0) is 38.5 Å². The van der Waals surface area contributed by atoms with E-state index in [9.17, 15) is 9.90 Å². The van der Waals surface area contributed by atoms with Gasteiger partial charge in [-0.2, -0.15) is 0 Å². The highest BCUT2D eigenvalue weighted by Gasteiger charge is 2.23. The van der Waals surface area contributed by atoms with Crippen molar-refractivity contribution < 1.29 is 24.1 Å². The van der Waals surface area contributed by atoms with Gasteiger partial charge in [0.15, 0.2) is 11.5 Å². The first-order valence-electron chi connectivity index (χ1n) is 8.59. The third-order valence-electron chi connectivity index (χ3n) is 4.39. The van der Waals surface area contributed by atoms with Gasteiger partial charge in [0.25, 0.3) is 0 Å². The number of benzene rings is 1. The fourth-order valence-corrected chi connectivity index (χ4v) is 2.96. The number of ether oxygens (including phenoxy) is 3. The van der Waals surface area contributed by atoms with E-state index in [1.54, 1.807) is 40.2 Å². The van der Waals surface area contributed by atoms with Gasteiger partial charge in [0.05, 0.1) is 33.8 Å². The SMILES string of the molecule is COc1cc(C(C)NC(=O)CC2=C(C)N=C(C)NC2O)cc(OC)c1OC. The molecule has 1 heterocycles. The standard InChI is InChI=1S/C19H27N3O5/c1-10(13-7-15(25-4)18(27-6)16(8-13)26-5)21-17(23)9-14-11(2)20-12(3)22-19(14)24/h7-8,10,19,24H,9H2,1-6H3,(H,20,22)(H,21,23). The van der Waals surface area contributed by atoms with Crippen LogP contribution in [0.2, 0.25) is 0 Å². The van der Waals surface area contributed by atoms with Crippen molar-refractivity contribution in [2.75, 3.05) is 21.3 Å². The van der Waals surface area contributed by atoms with Crippen molar-refractivity contribution in [1.82, 2.24) is 10.6 Å². The van der Waals surface area contributed by atoms with Gasteiger partial charge in [0, 0.05) is 11.3 Å². The number of amides is 1. The number of carbonyl (C=O) groups is 1. The van der Waals surface area contributed by atoms with Crippen LogP contribution in [-0.2, 0) is 4.79 Å². The number of nitrogens with zero attached hydrogens (tertiary/aromatic N) is 1. The van der Waals surface area contributed by atoms with E-state index in [4.69, 9.17) is 14.2 Å². The van der Waals surface area contributed by atoms with Gasteiger partial charge in [-0.1, -0.05) is 0 Å². The molecule has 1 aliphatic rings. The molecule has 0 aromatic heterocycles. The molecule has 0 spiro atoms. The molecule has 0 fully saturated rings. The molecule has 0 saturated heterocycles. The lowest BCUT2D eigenvalue weighted by Gasteiger charge is -2.24. The number of aliphatic hydroxyl groups excluding tert-OH is 1. The predicted octanol–water partition coefficient (Wildman–Crippen LogP) is 1.89. The summed E-state index contributed by atoms with van der Waals surface area (Å²) in [5.74, 6) is 1.93. The van der Waals surface area contributed by atoms with Crippen LogP contribution in [0.25, 0.3) is 0 Å². The number of aliphatic hydroxyl groups is 1. The molecule has 8 nitrogen and oxygen atoms in total. The maximum atomic E-state index is 12.5. The monoisotopic (exact) mass is 377 g/mol. The third kappa shape index (κ3) is 4.71. The second-order valence-electron chi connectivity index (χ2n) is 6.28. The average molecular weight is 377 g/mol. The van der Waals surface area contributed by atoms with Crippen molar-refractivity contribution in [3.63, 3.8) is 0 Å². The molecule has 2 unspecified atom stereocenters. The van der Waals surface area contributed by atoms with Crippen molar-refractivity contribution in [1.29, 1.82) is 0 Å². The Morgan fingerprint density at radius 1 is 1.22 bits per heavy atom. The maximum Gasteiger partial charge on any atom is 0.224 e. The average Bonchev–Trinajstić information content (AvgIpc) is 2.63. The van der Waals surface area contributed by atoms with Crippen molar-refractivity contribution in [3.8, 4) is 17.2 Å². The van der Waals surface area contributed by atoms with Crippen molar-refractivity contribution in [2.45, 2.75) is 39.5 Å². The van der Waals surface area contributed by atoms with Crippen LogP contribution < -0.4 is 24.8 Å². The molecule has 2 rings (SSSR count). The lowest BCUT2D eigenvalue weighted by Crippen LogP contribution is -2.39. The molecule has 1 amide bonds. The molecule has 1 aromatic carbocycles. The van der Waals surface area contributed by atoms with Crippen LogP contribution in [0.15, 0.2) is 28.4 Å². The highest BCUT2D eigenvalue weighted by atomic mass is 16.5. The Hall–Kier alpha value is -2.74. The van der Waals surface area contributed by atoms with Crippen LogP contribution >= 0.6 is 0 Å². The molecule has 1 aliphatic heterocycles. The molecule has 148 valence electrons. The number of carbonyl (C=O) groups excluding carboxylic acids is 1. The summed E-state index contributed by atoms with van der Waals surface area (Å²) in [5.41, 5.74) is 2.00. The fourth-order valence-electron chi connectivity index (χ4n) is 2.96. The number of aliphatic imine (C=N–C) groups is 1. The molecule has 0 bridgehead atoms. The second-order valence-corrected chi connectivity index (χ2v) is 6.28. The van der Waals surface area contributed by atoms with Gasteiger partial charge < -0.3 is 30.0 Å². The number of hydrogen-bond donors (Lipinski definition) is 3. The van der Waals surface area contributed by atoms with Crippen LogP contribution in [0.5, 0.6) is 17.2 Å². The number of amidine groups is 1. The molecule has 0 aliphatic carbocycles. The summed E-state index contributed by atoms with van der Waals surface area (Å²) in [4.78, 5) is 16.7. The first-order valence-corrected chi connectivity index (χ1v) is 8.59. The van der Waals surface area contributed by atoms with E-state index in [0.29, 0.717) is 34.4 Å². The minimum Gasteiger partial charge on any atom is -0.493 e. The number of methoxy groups -OCH3 is 3. The highest BCUT2D eigenvalue weighted by molar-refractivity contribution is 5.84. The zero-order valence-corrected chi connectivity index (χ0v) is 16.5. The van der Waals surface area contributed by atoms with E-state index in [0.717, 1.165) is 5.56 Å². The van der Waals surface area contributed by atoms with Crippen LogP contribution in [0, 0.1) is 0 Å². The molecule has 8 heteroatoms. The van der Waals surface area contributed by atoms with Crippen LogP contribution in [-0.4, -0.2) is 44.4 Å². The quantitative estimate of drug-likeness (QED) is 0.671. The normalized spacial score (nSPS) is 17.6. The Balaban J connectivity index is 2.16. The topological polar surface area (TPSA) is 101 Å². The van der Waals surface area contributed by atoms with Gasteiger partial charge in [-0.3, -0.25) is 4.79 Å². The van der Waals surface area contributed by atoms with Crippen LogP contribution in [0.3, 0.4) is 0 Å². The first kappa shape index (κ1) is 20.6. The number of rotatable bonds is 7. The molecule has 1 aromatic rings. The van der Waals surface area contributed by atoms with E-state index in [2.05, 4.69) is 15.6 Å². The van der Waals surface area contributed by atoms with Crippen molar-refractivity contribution in [2.24, 2.45) is 4.99 Å². The van der Waals surface area contributed by atoms with Crippen LogP contribution in [0.4, 0.5) is 0 Å². The summed E-state index contributed by atoms with van der Waals surface area (Å²) in [6.07, 6.45) is -0.865. The predicted molar refractivity (Wildman–Crippen MR) is 102 cm³/mol. The van der Waals surface area contributed by atoms with Gasteiger partial charge >= 0.3 is 0 Å². The largest absolute Gasteiger partial charge is 0.493 e. The van der Waals surface area contributed by atoms with Gasteiger partial charge in [-0.25, -0.2) is 4.99 Å². The molecular formula is C19H27N3O5. The van der Waals surface area contributed by atoms with Gasteiger partial charge in [0.1, 0.15) is 12.1 Å². The Bertz CT molecular complexity index is 748. The van der Waals surface area contributed by atoms with Gasteiger partial charge in [-0.15, -0.1) is 0 Å². The molecule has 27 heavy (non-hydrogen) atoms.